The molecule has 2 aliphatic heterocycles. The van der Waals surface area contributed by atoms with Crippen molar-refractivity contribution in [2.75, 3.05) is 31.6 Å². The summed E-state index contributed by atoms with van der Waals surface area (Å²) in [5.74, 6) is 0.616. The Hall–Kier alpha value is -1.96. The number of thiazole rings is 1. The van der Waals surface area contributed by atoms with Crippen LogP contribution in [0, 0.1) is 0 Å². The van der Waals surface area contributed by atoms with Gasteiger partial charge >= 0.3 is 0 Å². The number of benzene rings is 1. The fraction of sp³-hybridized carbons (Fsp3) is 0.500. The molecule has 1 fully saturated rings. The first-order valence-corrected chi connectivity index (χ1v) is 10.4. The van der Waals surface area contributed by atoms with Crippen LogP contribution in [0.4, 0.5) is 5.13 Å². The summed E-state index contributed by atoms with van der Waals surface area (Å²) in [4.78, 5) is 20.8. The normalized spacial score (nSPS) is 19.7. The number of amides is 1. The van der Waals surface area contributed by atoms with Gasteiger partial charge in [0.1, 0.15) is 12.4 Å². The minimum absolute atomic E-state index is 0.140. The number of carbonyl (C=O) groups is 1. The van der Waals surface area contributed by atoms with Crippen molar-refractivity contribution in [1.82, 2.24) is 9.88 Å². The third kappa shape index (κ3) is 4.48. The average Bonchev–Trinajstić information content (AvgIpc) is 3.35. The lowest BCUT2D eigenvalue weighted by Crippen LogP contribution is -2.29. The number of likely N-dealkylation sites (N-methyl/N-ethyl adjacent to an activating group) is 1. The van der Waals surface area contributed by atoms with Crippen LogP contribution in [0.15, 0.2) is 24.3 Å². The lowest BCUT2D eigenvalue weighted by atomic mass is 10.2. The van der Waals surface area contributed by atoms with Crippen molar-refractivity contribution in [3.8, 4) is 5.75 Å². The van der Waals surface area contributed by atoms with Crippen LogP contribution in [-0.2, 0) is 17.7 Å². The summed E-state index contributed by atoms with van der Waals surface area (Å²) in [5, 5.41) is 3.62. The molecule has 1 aromatic carbocycles. The molecule has 0 unspecified atom stereocenters. The topological polar surface area (TPSA) is 63.7 Å². The molecule has 4 rings (SSSR count). The molecule has 6 nitrogen and oxygen atoms in total. The van der Waals surface area contributed by atoms with Gasteiger partial charge in [-0.25, -0.2) is 4.98 Å². The molecule has 0 radical (unpaired) electrons. The van der Waals surface area contributed by atoms with Gasteiger partial charge in [-0.1, -0.05) is 6.92 Å². The van der Waals surface area contributed by atoms with E-state index in [-0.39, 0.29) is 12.0 Å². The van der Waals surface area contributed by atoms with Gasteiger partial charge < -0.3 is 9.47 Å². The standard InChI is InChI=1S/C20H25N3O3S/c1-2-23-10-9-17-18(12-23)27-20(21-17)22-19(24)14-5-7-15(8-6-14)26-13-16-4-3-11-25-16/h5-8,16H,2-4,9-13H2,1H3,(H,21,22,24)/t16-/m1/s1. The van der Waals surface area contributed by atoms with Gasteiger partial charge in [0.15, 0.2) is 5.13 Å². The Balaban J connectivity index is 1.33. The molecule has 1 amide bonds. The second-order valence-electron chi connectivity index (χ2n) is 6.93. The summed E-state index contributed by atoms with van der Waals surface area (Å²) in [6.07, 6.45) is 3.29. The van der Waals surface area contributed by atoms with Crippen LogP contribution in [0.1, 0.15) is 40.7 Å². The Bertz CT molecular complexity index is 784. The number of nitrogens with zero attached hydrogens (tertiary/aromatic N) is 2. The van der Waals surface area contributed by atoms with E-state index in [1.807, 2.05) is 12.1 Å². The fourth-order valence-electron chi connectivity index (χ4n) is 3.41. The largest absolute Gasteiger partial charge is 0.491 e. The third-order valence-corrected chi connectivity index (χ3v) is 6.05. The molecule has 0 bridgehead atoms. The van der Waals surface area contributed by atoms with Crippen molar-refractivity contribution < 1.29 is 14.3 Å². The van der Waals surface area contributed by atoms with E-state index in [1.54, 1.807) is 23.5 Å². The van der Waals surface area contributed by atoms with Gasteiger partial charge in [-0.15, -0.1) is 11.3 Å². The number of carbonyl (C=O) groups excluding carboxylic acids is 1. The SMILES string of the molecule is CCN1CCc2nc(NC(=O)c3ccc(OC[C@H]4CCCO4)cc3)sc2C1. The first kappa shape index (κ1) is 18.4. The number of hydrogen-bond acceptors (Lipinski definition) is 6. The fourth-order valence-corrected chi connectivity index (χ4v) is 4.45. The van der Waals surface area contributed by atoms with Crippen molar-refractivity contribution in [1.29, 1.82) is 0 Å². The molecular weight excluding hydrogens is 362 g/mol. The third-order valence-electron chi connectivity index (χ3n) is 5.05. The lowest BCUT2D eigenvalue weighted by Gasteiger charge is -2.23. The highest BCUT2D eigenvalue weighted by Gasteiger charge is 2.21. The molecule has 1 N–H and O–H groups in total. The first-order valence-electron chi connectivity index (χ1n) is 9.58. The monoisotopic (exact) mass is 387 g/mol. The van der Waals surface area contributed by atoms with E-state index in [4.69, 9.17) is 9.47 Å². The van der Waals surface area contributed by atoms with Gasteiger partial charge in [-0.3, -0.25) is 15.0 Å². The van der Waals surface area contributed by atoms with E-state index in [0.29, 0.717) is 17.3 Å². The van der Waals surface area contributed by atoms with Gasteiger partial charge in [-0.05, 0) is 43.7 Å². The molecule has 2 aromatic rings. The number of hydrogen-bond donors (Lipinski definition) is 1. The molecule has 3 heterocycles. The highest BCUT2D eigenvalue weighted by atomic mass is 32.1. The second-order valence-corrected chi connectivity index (χ2v) is 8.02. The van der Waals surface area contributed by atoms with Gasteiger partial charge in [0.2, 0.25) is 0 Å². The number of fused-ring (bicyclic) bond motifs is 1. The van der Waals surface area contributed by atoms with Crippen molar-refractivity contribution in [2.45, 2.75) is 38.8 Å². The molecule has 1 saturated heterocycles. The average molecular weight is 388 g/mol. The van der Waals surface area contributed by atoms with Crippen LogP contribution in [0.3, 0.4) is 0 Å². The quantitative estimate of drug-likeness (QED) is 0.824. The molecule has 1 atom stereocenters. The maximum atomic E-state index is 12.5. The highest BCUT2D eigenvalue weighted by molar-refractivity contribution is 7.15. The summed E-state index contributed by atoms with van der Waals surface area (Å²) < 4.78 is 11.3. The maximum absolute atomic E-state index is 12.5. The van der Waals surface area contributed by atoms with Crippen LogP contribution in [0.5, 0.6) is 5.75 Å². The van der Waals surface area contributed by atoms with Crippen LogP contribution in [0.25, 0.3) is 0 Å². The predicted octanol–water partition coefficient (Wildman–Crippen LogP) is 3.33. The smallest absolute Gasteiger partial charge is 0.257 e. The number of rotatable bonds is 6. The van der Waals surface area contributed by atoms with E-state index in [9.17, 15) is 4.79 Å². The molecule has 1 aromatic heterocycles. The maximum Gasteiger partial charge on any atom is 0.257 e. The minimum Gasteiger partial charge on any atom is -0.491 e. The summed E-state index contributed by atoms with van der Waals surface area (Å²) in [6.45, 7) is 6.56. The molecule has 2 aliphatic rings. The van der Waals surface area contributed by atoms with Crippen LogP contribution < -0.4 is 10.1 Å². The Morgan fingerprint density at radius 1 is 1.41 bits per heavy atom. The van der Waals surface area contributed by atoms with Gasteiger partial charge in [0.05, 0.1) is 11.8 Å². The Morgan fingerprint density at radius 3 is 3.00 bits per heavy atom. The molecule has 144 valence electrons. The van der Waals surface area contributed by atoms with Gasteiger partial charge in [0.25, 0.3) is 5.91 Å². The van der Waals surface area contributed by atoms with Crippen molar-refractivity contribution in [3.05, 3.63) is 40.4 Å². The van der Waals surface area contributed by atoms with E-state index in [2.05, 4.69) is 22.1 Å². The molecule has 0 aliphatic carbocycles. The molecule has 0 saturated carbocycles. The highest BCUT2D eigenvalue weighted by Crippen LogP contribution is 2.28. The summed E-state index contributed by atoms with van der Waals surface area (Å²) in [7, 11) is 0. The van der Waals surface area contributed by atoms with Crippen LogP contribution in [-0.4, -0.2) is 48.2 Å². The number of ether oxygens (including phenoxy) is 2. The van der Waals surface area contributed by atoms with E-state index in [0.717, 1.165) is 56.9 Å². The number of nitrogens with one attached hydrogen (secondary N) is 1. The van der Waals surface area contributed by atoms with Crippen molar-refractivity contribution in [2.24, 2.45) is 0 Å². The van der Waals surface area contributed by atoms with Gasteiger partial charge in [-0.2, -0.15) is 0 Å². The second kappa shape index (κ2) is 8.37. The summed E-state index contributed by atoms with van der Waals surface area (Å²) in [6, 6.07) is 7.23. The predicted molar refractivity (Wildman–Crippen MR) is 106 cm³/mol. The van der Waals surface area contributed by atoms with Crippen LogP contribution >= 0.6 is 11.3 Å². The van der Waals surface area contributed by atoms with E-state index in [1.165, 1.54) is 4.88 Å². The number of aromatic nitrogens is 1. The molecular formula is C20H25N3O3S. The van der Waals surface area contributed by atoms with Crippen molar-refractivity contribution in [3.63, 3.8) is 0 Å². The zero-order valence-corrected chi connectivity index (χ0v) is 16.4. The summed E-state index contributed by atoms with van der Waals surface area (Å²) >= 11 is 1.58. The zero-order chi connectivity index (χ0) is 18.6. The molecule has 27 heavy (non-hydrogen) atoms. The van der Waals surface area contributed by atoms with Crippen molar-refractivity contribution >= 4 is 22.4 Å². The Morgan fingerprint density at radius 2 is 2.26 bits per heavy atom. The van der Waals surface area contributed by atoms with Crippen LogP contribution in [0.2, 0.25) is 0 Å². The van der Waals surface area contributed by atoms with E-state index >= 15 is 0 Å². The van der Waals surface area contributed by atoms with Gasteiger partial charge in [0, 0.05) is 36.6 Å². The van der Waals surface area contributed by atoms with E-state index < -0.39 is 0 Å². The summed E-state index contributed by atoms with van der Waals surface area (Å²) in [5.41, 5.74) is 1.72. The minimum atomic E-state index is -0.140. The number of anilines is 1. The molecule has 0 spiro atoms. The first-order chi connectivity index (χ1) is 13.2. The Labute approximate surface area is 163 Å². The lowest BCUT2D eigenvalue weighted by molar-refractivity contribution is 0.0679. The zero-order valence-electron chi connectivity index (χ0n) is 15.6. The Kier molecular flexibility index (Phi) is 5.71. The molecule has 7 heteroatoms.